The molecule has 0 unspecified atom stereocenters. The smallest absolute Gasteiger partial charge is 0.239 e. The molecular formula is C17H17N3O4S. The van der Waals surface area contributed by atoms with Gasteiger partial charge in [-0.25, -0.2) is 0 Å². The Hall–Kier alpha value is -2.74. The number of carbonyl (C=O) groups excluding carboxylic acids is 3. The average Bonchev–Trinajstić information content (AvgIpc) is 3.12. The third-order valence-electron chi connectivity index (χ3n) is 3.56. The van der Waals surface area contributed by atoms with E-state index in [-0.39, 0.29) is 37.2 Å². The van der Waals surface area contributed by atoms with Crippen LogP contribution >= 0.6 is 11.8 Å². The number of benzene rings is 1. The number of amides is 3. The lowest BCUT2D eigenvalue weighted by Gasteiger charge is -2.23. The summed E-state index contributed by atoms with van der Waals surface area (Å²) in [7, 11) is 0. The summed E-state index contributed by atoms with van der Waals surface area (Å²) < 4.78 is 5.10. The van der Waals surface area contributed by atoms with Gasteiger partial charge in [-0.3, -0.25) is 14.4 Å². The number of carbonyl (C=O) groups is 3. The summed E-state index contributed by atoms with van der Waals surface area (Å²) in [6, 6.07) is 10.9. The Morgan fingerprint density at radius 1 is 1.12 bits per heavy atom. The van der Waals surface area contributed by atoms with Crippen LogP contribution in [0.1, 0.15) is 12.2 Å². The van der Waals surface area contributed by atoms with Crippen LogP contribution < -0.4 is 16.0 Å². The lowest BCUT2D eigenvalue weighted by Crippen LogP contribution is -2.39. The van der Waals surface area contributed by atoms with Crippen LogP contribution in [0.2, 0.25) is 0 Å². The highest BCUT2D eigenvalue weighted by molar-refractivity contribution is 8.01. The molecule has 0 saturated carbocycles. The lowest BCUT2D eigenvalue weighted by molar-refractivity contribution is -0.127. The third-order valence-corrected chi connectivity index (χ3v) is 4.84. The Morgan fingerprint density at radius 3 is 2.76 bits per heavy atom. The second-order valence-electron chi connectivity index (χ2n) is 5.43. The summed E-state index contributed by atoms with van der Waals surface area (Å²) in [5.41, 5.74) is 0.756. The Balaban J connectivity index is 1.43. The summed E-state index contributed by atoms with van der Waals surface area (Å²) >= 11 is 1.35. The Morgan fingerprint density at radius 2 is 1.96 bits per heavy atom. The van der Waals surface area contributed by atoms with Gasteiger partial charge in [-0.1, -0.05) is 12.1 Å². The average molecular weight is 359 g/mol. The van der Waals surface area contributed by atoms with Gasteiger partial charge in [0.25, 0.3) is 0 Å². The molecule has 3 rings (SSSR count). The van der Waals surface area contributed by atoms with Crippen LogP contribution in [-0.2, 0) is 20.9 Å². The van der Waals surface area contributed by atoms with Crippen molar-refractivity contribution in [1.29, 1.82) is 0 Å². The lowest BCUT2D eigenvalue weighted by atomic mass is 10.2. The molecule has 0 bridgehead atoms. The molecule has 2 aromatic rings. The molecule has 130 valence electrons. The van der Waals surface area contributed by atoms with E-state index >= 15 is 0 Å². The largest absolute Gasteiger partial charge is 0.467 e. The molecule has 0 radical (unpaired) electrons. The van der Waals surface area contributed by atoms with Gasteiger partial charge in [-0.05, 0) is 24.3 Å². The zero-order valence-corrected chi connectivity index (χ0v) is 14.1. The maximum absolute atomic E-state index is 12.1. The second-order valence-corrected chi connectivity index (χ2v) is 6.67. The summed E-state index contributed by atoms with van der Waals surface area (Å²) in [5, 5.41) is 7.44. The van der Waals surface area contributed by atoms with Crippen molar-refractivity contribution in [2.24, 2.45) is 0 Å². The highest BCUT2D eigenvalue weighted by Gasteiger charge is 2.28. The summed E-state index contributed by atoms with van der Waals surface area (Å²) in [5.74, 6) is -0.245. The minimum Gasteiger partial charge on any atom is -0.467 e. The standard InChI is InChI=1S/C17H17N3O4S/c21-15(19-10-16(22)18-9-11-4-3-7-24-11)8-14-17(23)20-12-5-1-2-6-13(12)25-14/h1-7,14H,8-10H2,(H,18,22)(H,19,21)(H,20,23)/t14-/m0/s1. The Kier molecular flexibility index (Phi) is 5.39. The molecule has 0 spiro atoms. The zero-order valence-electron chi connectivity index (χ0n) is 13.3. The van der Waals surface area contributed by atoms with Crippen LogP contribution in [-0.4, -0.2) is 29.5 Å². The van der Waals surface area contributed by atoms with Gasteiger partial charge >= 0.3 is 0 Å². The van der Waals surface area contributed by atoms with E-state index in [1.807, 2.05) is 24.3 Å². The minimum absolute atomic E-state index is 0.0102. The summed E-state index contributed by atoms with van der Waals surface area (Å²) in [6.45, 7) is 0.120. The van der Waals surface area contributed by atoms with Gasteiger partial charge in [-0.2, -0.15) is 0 Å². The summed E-state index contributed by atoms with van der Waals surface area (Å²) in [4.78, 5) is 36.7. The molecule has 0 saturated heterocycles. The predicted octanol–water partition coefficient (Wildman–Crippen LogP) is 1.52. The van der Waals surface area contributed by atoms with E-state index in [0.29, 0.717) is 5.76 Å². The number of thioether (sulfide) groups is 1. The highest BCUT2D eigenvalue weighted by Crippen LogP contribution is 2.36. The van der Waals surface area contributed by atoms with Crippen molar-refractivity contribution in [2.75, 3.05) is 11.9 Å². The maximum Gasteiger partial charge on any atom is 0.239 e. The van der Waals surface area contributed by atoms with Crippen molar-refractivity contribution in [2.45, 2.75) is 23.1 Å². The normalized spacial score (nSPS) is 15.8. The first-order chi connectivity index (χ1) is 12.1. The minimum atomic E-state index is -0.513. The van der Waals surface area contributed by atoms with Crippen molar-refractivity contribution >= 4 is 35.2 Å². The van der Waals surface area contributed by atoms with Crippen LogP contribution in [0.5, 0.6) is 0 Å². The molecule has 2 heterocycles. The molecule has 0 fully saturated rings. The fourth-order valence-electron chi connectivity index (χ4n) is 2.31. The van der Waals surface area contributed by atoms with Crippen LogP contribution in [0.15, 0.2) is 52.0 Å². The molecule has 8 heteroatoms. The van der Waals surface area contributed by atoms with Crippen LogP contribution in [0.3, 0.4) is 0 Å². The Labute approximate surface area is 148 Å². The molecule has 3 N–H and O–H groups in total. The molecule has 1 aliphatic heterocycles. The number of anilines is 1. The van der Waals surface area contributed by atoms with Gasteiger partial charge in [-0.15, -0.1) is 11.8 Å². The topological polar surface area (TPSA) is 100 Å². The van der Waals surface area contributed by atoms with E-state index in [1.165, 1.54) is 18.0 Å². The van der Waals surface area contributed by atoms with E-state index in [9.17, 15) is 14.4 Å². The number of nitrogens with one attached hydrogen (secondary N) is 3. The fourth-order valence-corrected chi connectivity index (χ4v) is 3.42. The number of hydrogen-bond acceptors (Lipinski definition) is 5. The molecule has 25 heavy (non-hydrogen) atoms. The molecule has 7 nitrogen and oxygen atoms in total. The van der Waals surface area contributed by atoms with Crippen molar-refractivity contribution < 1.29 is 18.8 Å². The number of hydrogen-bond donors (Lipinski definition) is 3. The van der Waals surface area contributed by atoms with Gasteiger partial charge in [0, 0.05) is 11.3 Å². The number of fused-ring (bicyclic) bond motifs is 1. The van der Waals surface area contributed by atoms with E-state index in [2.05, 4.69) is 16.0 Å². The van der Waals surface area contributed by atoms with Crippen molar-refractivity contribution in [3.8, 4) is 0 Å². The van der Waals surface area contributed by atoms with Gasteiger partial charge < -0.3 is 20.4 Å². The quantitative estimate of drug-likeness (QED) is 0.726. The summed E-state index contributed by atoms with van der Waals surface area (Å²) in [6.07, 6.45) is 1.53. The number of rotatable bonds is 6. The first-order valence-electron chi connectivity index (χ1n) is 7.74. The molecule has 1 aromatic heterocycles. The van der Waals surface area contributed by atoms with Gasteiger partial charge in [0.1, 0.15) is 5.76 Å². The molecule has 1 atom stereocenters. The third kappa shape index (κ3) is 4.63. The maximum atomic E-state index is 12.1. The van der Waals surface area contributed by atoms with Gasteiger partial charge in [0.15, 0.2) is 0 Å². The van der Waals surface area contributed by atoms with E-state index in [1.54, 1.807) is 12.1 Å². The van der Waals surface area contributed by atoms with E-state index in [0.717, 1.165) is 10.6 Å². The first kappa shape index (κ1) is 17.1. The van der Waals surface area contributed by atoms with E-state index < -0.39 is 5.25 Å². The predicted molar refractivity (Wildman–Crippen MR) is 92.9 cm³/mol. The Bertz CT molecular complexity index is 776. The van der Waals surface area contributed by atoms with Gasteiger partial charge in [0.05, 0.1) is 30.3 Å². The molecular weight excluding hydrogens is 342 g/mol. The second kappa shape index (κ2) is 7.89. The molecule has 0 aliphatic carbocycles. The van der Waals surface area contributed by atoms with Crippen molar-refractivity contribution in [1.82, 2.24) is 10.6 Å². The first-order valence-corrected chi connectivity index (χ1v) is 8.62. The molecule has 1 aromatic carbocycles. The SMILES string of the molecule is O=C(CNC(=O)C[C@@H]1Sc2ccccc2NC1=O)NCc1ccco1. The van der Waals surface area contributed by atoms with Crippen LogP contribution in [0.25, 0.3) is 0 Å². The van der Waals surface area contributed by atoms with Crippen LogP contribution in [0, 0.1) is 0 Å². The number of para-hydroxylation sites is 1. The fraction of sp³-hybridized carbons (Fsp3) is 0.235. The van der Waals surface area contributed by atoms with E-state index in [4.69, 9.17) is 4.42 Å². The monoisotopic (exact) mass is 359 g/mol. The zero-order chi connectivity index (χ0) is 17.6. The van der Waals surface area contributed by atoms with Crippen LogP contribution in [0.4, 0.5) is 5.69 Å². The molecule has 1 aliphatic rings. The number of furan rings is 1. The molecule has 3 amide bonds. The van der Waals surface area contributed by atoms with Crippen molar-refractivity contribution in [3.05, 3.63) is 48.4 Å². The highest BCUT2D eigenvalue weighted by atomic mass is 32.2. The van der Waals surface area contributed by atoms with Gasteiger partial charge in [0.2, 0.25) is 17.7 Å². The van der Waals surface area contributed by atoms with Crippen molar-refractivity contribution in [3.63, 3.8) is 0 Å².